The van der Waals surface area contributed by atoms with Crippen molar-refractivity contribution in [2.75, 3.05) is 5.32 Å². The predicted octanol–water partition coefficient (Wildman–Crippen LogP) is 5.33. The lowest BCUT2D eigenvalue weighted by Crippen LogP contribution is -1.96. The largest absolute Gasteiger partial charge is 0.354 e. The van der Waals surface area contributed by atoms with Crippen LogP contribution in [0.5, 0.6) is 0 Å². The summed E-state index contributed by atoms with van der Waals surface area (Å²) in [5.74, 6) is 0. The molecule has 2 rings (SSSR count). The van der Waals surface area contributed by atoms with Gasteiger partial charge in [0.15, 0.2) is 0 Å². The summed E-state index contributed by atoms with van der Waals surface area (Å²) in [7, 11) is 0. The maximum atomic E-state index is 9.15. The molecule has 2 aromatic rings. The Morgan fingerprint density at radius 2 is 1.84 bits per heavy atom. The molecule has 0 heterocycles. The van der Waals surface area contributed by atoms with E-state index in [1.807, 2.05) is 38.1 Å². The molecule has 0 radical (unpaired) electrons. The Morgan fingerprint density at radius 1 is 1.21 bits per heavy atom. The Bertz CT molecular complexity index is 651. The number of benzene rings is 2. The maximum Gasteiger partial charge on any atom is 0.103 e. The lowest BCUT2D eigenvalue weighted by atomic mass is 10.1. The minimum Gasteiger partial charge on any atom is -0.354 e. The number of rotatable bonds is 2. The highest BCUT2D eigenvalue weighted by atomic mass is 79.9. The molecule has 0 amide bonds. The first-order chi connectivity index (χ1) is 9.02. The van der Waals surface area contributed by atoms with E-state index in [0.717, 1.165) is 27.0 Å². The molecule has 0 saturated carbocycles. The van der Waals surface area contributed by atoms with Crippen LogP contribution in [0.3, 0.4) is 0 Å². The Hall–Kier alpha value is -1.50. The van der Waals surface area contributed by atoms with Gasteiger partial charge in [0.25, 0.3) is 0 Å². The van der Waals surface area contributed by atoms with Crippen LogP contribution in [0.2, 0.25) is 5.02 Å². The zero-order valence-corrected chi connectivity index (χ0v) is 12.9. The molecule has 96 valence electrons. The average Bonchev–Trinajstić information content (AvgIpc) is 2.36. The van der Waals surface area contributed by atoms with Gasteiger partial charge in [-0.25, -0.2) is 0 Å². The van der Waals surface area contributed by atoms with Crippen LogP contribution < -0.4 is 5.32 Å². The summed E-state index contributed by atoms with van der Waals surface area (Å²) in [6.07, 6.45) is 0. The Morgan fingerprint density at radius 3 is 2.42 bits per heavy atom. The number of halogens is 2. The highest BCUT2D eigenvalue weighted by molar-refractivity contribution is 9.10. The Kier molecular flexibility index (Phi) is 4.14. The molecule has 0 bridgehead atoms. The summed E-state index contributed by atoms with van der Waals surface area (Å²) in [5, 5.41) is 12.9. The molecule has 0 atom stereocenters. The zero-order chi connectivity index (χ0) is 14.0. The zero-order valence-electron chi connectivity index (χ0n) is 10.6. The van der Waals surface area contributed by atoms with Crippen molar-refractivity contribution in [1.82, 2.24) is 0 Å². The van der Waals surface area contributed by atoms with Crippen molar-refractivity contribution in [2.45, 2.75) is 13.8 Å². The number of nitrogens with zero attached hydrogens (tertiary/aromatic N) is 1. The van der Waals surface area contributed by atoms with Gasteiger partial charge in [-0.3, -0.25) is 0 Å². The lowest BCUT2D eigenvalue weighted by molar-refractivity contribution is 1.33. The summed E-state index contributed by atoms with van der Waals surface area (Å²) >= 11 is 9.55. The van der Waals surface area contributed by atoms with Crippen molar-refractivity contribution in [3.05, 3.63) is 56.5 Å². The summed E-state index contributed by atoms with van der Waals surface area (Å²) in [6.45, 7) is 4.07. The summed E-state index contributed by atoms with van der Waals surface area (Å²) in [6, 6.07) is 11.6. The SMILES string of the molecule is Cc1cc(Nc2cccc(Cl)c2C#N)cc(C)c1Br. The van der Waals surface area contributed by atoms with Gasteiger partial charge in [0.1, 0.15) is 6.07 Å². The van der Waals surface area contributed by atoms with E-state index >= 15 is 0 Å². The van der Waals surface area contributed by atoms with E-state index in [4.69, 9.17) is 16.9 Å². The molecule has 0 aliphatic rings. The van der Waals surface area contributed by atoms with Crippen LogP contribution in [-0.2, 0) is 0 Å². The number of aryl methyl sites for hydroxylation is 2. The second-order valence-electron chi connectivity index (χ2n) is 4.32. The number of nitriles is 1. The van der Waals surface area contributed by atoms with Gasteiger partial charge in [-0.2, -0.15) is 5.26 Å². The number of hydrogen-bond acceptors (Lipinski definition) is 2. The van der Waals surface area contributed by atoms with Crippen LogP contribution >= 0.6 is 27.5 Å². The van der Waals surface area contributed by atoms with E-state index in [0.29, 0.717) is 10.6 Å². The molecular weight excluding hydrogens is 324 g/mol. The van der Waals surface area contributed by atoms with Gasteiger partial charge in [0, 0.05) is 10.2 Å². The van der Waals surface area contributed by atoms with Gasteiger partial charge in [-0.05, 0) is 49.2 Å². The van der Waals surface area contributed by atoms with Crippen molar-refractivity contribution in [2.24, 2.45) is 0 Å². The average molecular weight is 336 g/mol. The number of hydrogen-bond donors (Lipinski definition) is 1. The Labute approximate surface area is 126 Å². The molecule has 0 fully saturated rings. The topological polar surface area (TPSA) is 35.8 Å². The normalized spacial score (nSPS) is 10.1. The molecule has 2 nitrogen and oxygen atoms in total. The predicted molar refractivity (Wildman–Crippen MR) is 83.1 cm³/mol. The van der Waals surface area contributed by atoms with Gasteiger partial charge < -0.3 is 5.32 Å². The number of nitrogens with one attached hydrogen (secondary N) is 1. The summed E-state index contributed by atoms with van der Waals surface area (Å²) < 4.78 is 1.10. The first kappa shape index (κ1) is 13.9. The minimum atomic E-state index is 0.457. The van der Waals surface area contributed by atoms with Gasteiger partial charge >= 0.3 is 0 Å². The maximum absolute atomic E-state index is 9.15. The van der Waals surface area contributed by atoms with Crippen molar-refractivity contribution in [1.29, 1.82) is 5.26 Å². The van der Waals surface area contributed by atoms with E-state index < -0.39 is 0 Å². The molecule has 4 heteroatoms. The van der Waals surface area contributed by atoms with Crippen molar-refractivity contribution in [3.63, 3.8) is 0 Å². The molecule has 0 aliphatic carbocycles. The standard InChI is InChI=1S/C15H12BrClN2/c1-9-6-11(7-10(2)15(9)16)19-14-5-3-4-13(17)12(14)8-18/h3-7,19H,1-2H3. The van der Waals surface area contributed by atoms with E-state index in [1.165, 1.54) is 0 Å². The van der Waals surface area contributed by atoms with Gasteiger partial charge in [-0.1, -0.05) is 33.6 Å². The van der Waals surface area contributed by atoms with Gasteiger partial charge in [-0.15, -0.1) is 0 Å². The molecule has 0 unspecified atom stereocenters. The molecule has 0 aliphatic heterocycles. The van der Waals surface area contributed by atoms with Crippen molar-refractivity contribution in [3.8, 4) is 6.07 Å². The monoisotopic (exact) mass is 334 g/mol. The molecule has 1 N–H and O–H groups in total. The van der Waals surface area contributed by atoms with Crippen LogP contribution in [0, 0.1) is 25.2 Å². The molecule has 0 aromatic heterocycles. The second kappa shape index (κ2) is 5.64. The lowest BCUT2D eigenvalue weighted by Gasteiger charge is -2.12. The van der Waals surface area contributed by atoms with E-state index in [2.05, 4.69) is 27.3 Å². The van der Waals surface area contributed by atoms with Crippen LogP contribution in [0.1, 0.15) is 16.7 Å². The third-order valence-electron chi connectivity index (χ3n) is 2.84. The molecule has 19 heavy (non-hydrogen) atoms. The fourth-order valence-corrected chi connectivity index (χ4v) is 2.36. The third kappa shape index (κ3) is 2.91. The highest BCUT2D eigenvalue weighted by Gasteiger charge is 2.08. The highest BCUT2D eigenvalue weighted by Crippen LogP contribution is 2.30. The van der Waals surface area contributed by atoms with Crippen molar-refractivity contribution >= 4 is 38.9 Å². The smallest absolute Gasteiger partial charge is 0.103 e. The van der Waals surface area contributed by atoms with Gasteiger partial charge in [0.05, 0.1) is 16.3 Å². The first-order valence-corrected chi connectivity index (χ1v) is 6.92. The molecule has 0 spiro atoms. The second-order valence-corrected chi connectivity index (χ2v) is 5.52. The Balaban J connectivity index is 2.43. The first-order valence-electron chi connectivity index (χ1n) is 5.75. The van der Waals surface area contributed by atoms with Crippen LogP contribution in [0.25, 0.3) is 0 Å². The quantitative estimate of drug-likeness (QED) is 0.804. The number of anilines is 2. The minimum absolute atomic E-state index is 0.457. The summed E-state index contributed by atoms with van der Waals surface area (Å²) in [4.78, 5) is 0. The summed E-state index contributed by atoms with van der Waals surface area (Å²) in [5.41, 5.74) is 4.40. The van der Waals surface area contributed by atoms with Crippen molar-refractivity contribution < 1.29 is 0 Å². The van der Waals surface area contributed by atoms with E-state index in [9.17, 15) is 0 Å². The molecule has 2 aromatic carbocycles. The van der Waals surface area contributed by atoms with Crippen LogP contribution in [0.15, 0.2) is 34.8 Å². The van der Waals surface area contributed by atoms with E-state index in [-0.39, 0.29) is 0 Å². The van der Waals surface area contributed by atoms with Gasteiger partial charge in [0.2, 0.25) is 0 Å². The van der Waals surface area contributed by atoms with Crippen LogP contribution in [0.4, 0.5) is 11.4 Å². The fourth-order valence-electron chi connectivity index (χ4n) is 1.92. The fraction of sp³-hybridized carbons (Fsp3) is 0.133. The molecule has 0 saturated heterocycles. The van der Waals surface area contributed by atoms with Crippen LogP contribution in [-0.4, -0.2) is 0 Å². The third-order valence-corrected chi connectivity index (χ3v) is 4.41. The van der Waals surface area contributed by atoms with E-state index in [1.54, 1.807) is 6.07 Å². The molecular formula is C15H12BrClN2.